The number of carbonyl (C=O) groups excluding carboxylic acids is 1. The Morgan fingerprint density at radius 1 is 1.36 bits per heavy atom. The van der Waals surface area contributed by atoms with Crippen molar-refractivity contribution >= 4 is 12.3 Å². The number of amides is 1. The summed E-state index contributed by atoms with van der Waals surface area (Å²) in [4.78, 5) is 14.7. The van der Waals surface area contributed by atoms with Crippen molar-refractivity contribution in [3.05, 3.63) is 35.9 Å². The molecule has 0 saturated carbocycles. The average Bonchev–Trinajstić information content (AvgIpc) is 2.15. The van der Waals surface area contributed by atoms with E-state index in [9.17, 15) is 4.79 Å². The number of carbonyl (C=O) groups is 1. The van der Waals surface area contributed by atoms with E-state index in [1.54, 1.807) is 13.8 Å². The molecule has 0 unspecified atom stereocenters. The van der Waals surface area contributed by atoms with Crippen molar-refractivity contribution in [2.45, 2.75) is 20.0 Å². The molecule has 0 saturated heterocycles. The third-order valence-corrected chi connectivity index (χ3v) is 1.46. The summed E-state index contributed by atoms with van der Waals surface area (Å²) < 4.78 is 4.84. The Hall–Kier alpha value is -1.64. The van der Waals surface area contributed by atoms with Gasteiger partial charge >= 0.3 is 6.09 Å². The van der Waals surface area contributed by atoms with Crippen LogP contribution in [0.15, 0.2) is 35.3 Å². The second-order valence-electron chi connectivity index (χ2n) is 3.10. The van der Waals surface area contributed by atoms with Gasteiger partial charge in [0.2, 0.25) is 0 Å². The number of ether oxygens (including phenoxy) is 1. The highest BCUT2D eigenvalue weighted by Gasteiger charge is 2.00. The molecule has 0 bridgehead atoms. The molecule has 0 radical (unpaired) electrons. The Bertz CT molecular complexity index is 317. The summed E-state index contributed by atoms with van der Waals surface area (Å²) in [7, 11) is 0. The molecule has 0 aromatic heterocycles. The monoisotopic (exact) mass is 191 g/mol. The molecule has 1 aromatic carbocycles. The van der Waals surface area contributed by atoms with E-state index in [2.05, 4.69) is 4.99 Å². The van der Waals surface area contributed by atoms with Gasteiger partial charge in [-0.05, 0) is 19.4 Å². The number of aliphatic imine (C=N–C) groups is 1. The molecule has 74 valence electrons. The molecular formula is C11H13NO2. The molecule has 3 nitrogen and oxygen atoms in total. The summed E-state index contributed by atoms with van der Waals surface area (Å²) in [5, 5.41) is 0. The molecule has 3 heteroatoms. The van der Waals surface area contributed by atoms with Crippen molar-refractivity contribution in [2.24, 2.45) is 4.99 Å². The predicted molar refractivity (Wildman–Crippen MR) is 55.7 cm³/mol. The Kier molecular flexibility index (Phi) is 3.85. The zero-order valence-corrected chi connectivity index (χ0v) is 8.31. The van der Waals surface area contributed by atoms with Crippen molar-refractivity contribution < 1.29 is 9.53 Å². The van der Waals surface area contributed by atoms with E-state index in [1.807, 2.05) is 30.3 Å². The van der Waals surface area contributed by atoms with Crippen molar-refractivity contribution in [3.8, 4) is 0 Å². The summed E-state index contributed by atoms with van der Waals surface area (Å²) in [6.07, 6.45) is 0.810. The van der Waals surface area contributed by atoms with Crippen molar-refractivity contribution in [1.29, 1.82) is 0 Å². The lowest BCUT2D eigenvalue weighted by atomic mass is 10.2. The molecule has 0 aliphatic carbocycles. The van der Waals surface area contributed by atoms with Gasteiger partial charge in [0.05, 0.1) is 6.10 Å². The lowest BCUT2D eigenvalue weighted by Crippen LogP contribution is -2.07. The van der Waals surface area contributed by atoms with Gasteiger partial charge in [0.25, 0.3) is 0 Å². The lowest BCUT2D eigenvalue weighted by molar-refractivity contribution is 0.126. The van der Waals surface area contributed by atoms with Crippen LogP contribution in [0.5, 0.6) is 0 Å². The topological polar surface area (TPSA) is 38.7 Å². The molecular weight excluding hydrogens is 178 g/mol. The van der Waals surface area contributed by atoms with Crippen LogP contribution in [0.3, 0.4) is 0 Å². The van der Waals surface area contributed by atoms with Crippen LogP contribution in [-0.4, -0.2) is 18.4 Å². The molecule has 1 aromatic rings. The summed E-state index contributed by atoms with van der Waals surface area (Å²) in [5.41, 5.74) is 0.883. The number of hydrogen-bond donors (Lipinski definition) is 0. The maximum atomic E-state index is 11.0. The minimum atomic E-state index is -0.552. The van der Waals surface area contributed by atoms with Gasteiger partial charge < -0.3 is 4.74 Å². The second-order valence-corrected chi connectivity index (χ2v) is 3.10. The van der Waals surface area contributed by atoms with Crippen LogP contribution in [0.4, 0.5) is 4.79 Å². The standard InChI is InChI=1S/C11H13NO2/c1-9(2)14-11(13)12-8-10-6-4-3-5-7-10/h3-9H,1-2H3/b12-8+. The zero-order chi connectivity index (χ0) is 10.4. The van der Waals surface area contributed by atoms with Crippen LogP contribution >= 0.6 is 0 Å². The van der Waals surface area contributed by atoms with Crippen molar-refractivity contribution in [3.63, 3.8) is 0 Å². The largest absolute Gasteiger partial charge is 0.445 e. The van der Waals surface area contributed by atoms with Gasteiger partial charge in [-0.3, -0.25) is 0 Å². The summed E-state index contributed by atoms with van der Waals surface area (Å²) in [6.45, 7) is 3.58. The molecule has 1 rings (SSSR count). The highest BCUT2D eigenvalue weighted by Crippen LogP contribution is 1.96. The summed E-state index contributed by atoms with van der Waals surface area (Å²) in [5.74, 6) is 0. The quantitative estimate of drug-likeness (QED) is 0.674. The Balaban J connectivity index is 2.52. The molecule has 0 heterocycles. The van der Waals surface area contributed by atoms with Gasteiger partial charge in [0.15, 0.2) is 0 Å². The third-order valence-electron chi connectivity index (χ3n) is 1.46. The summed E-state index contributed by atoms with van der Waals surface area (Å²) >= 11 is 0. The number of benzene rings is 1. The average molecular weight is 191 g/mol. The van der Waals surface area contributed by atoms with Gasteiger partial charge in [-0.1, -0.05) is 30.3 Å². The van der Waals surface area contributed by atoms with Crippen LogP contribution in [0.1, 0.15) is 19.4 Å². The fourth-order valence-electron chi connectivity index (χ4n) is 0.898. The maximum Gasteiger partial charge on any atom is 0.433 e. The molecule has 0 spiro atoms. The van der Waals surface area contributed by atoms with Crippen LogP contribution in [0.2, 0.25) is 0 Å². The SMILES string of the molecule is CC(C)OC(=O)/N=C/c1ccccc1. The van der Waals surface area contributed by atoms with E-state index in [-0.39, 0.29) is 6.10 Å². The van der Waals surface area contributed by atoms with Crippen LogP contribution in [-0.2, 0) is 4.74 Å². The van der Waals surface area contributed by atoms with E-state index in [1.165, 1.54) is 6.21 Å². The minimum Gasteiger partial charge on any atom is -0.445 e. The van der Waals surface area contributed by atoms with E-state index in [0.717, 1.165) is 5.56 Å². The fraction of sp³-hybridized carbons (Fsp3) is 0.273. The van der Waals surface area contributed by atoms with E-state index in [4.69, 9.17) is 4.74 Å². The Morgan fingerprint density at radius 3 is 2.57 bits per heavy atom. The van der Waals surface area contributed by atoms with Crippen LogP contribution in [0, 0.1) is 0 Å². The number of rotatable bonds is 2. The first-order valence-corrected chi connectivity index (χ1v) is 4.48. The smallest absolute Gasteiger partial charge is 0.433 e. The van der Waals surface area contributed by atoms with Crippen LogP contribution < -0.4 is 0 Å². The van der Waals surface area contributed by atoms with Crippen molar-refractivity contribution in [2.75, 3.05) is 0 Å². The molecule has 14 heavy (non-hydrogen) atoms. The first-order chi connectivity index (χ1) is 6.68. The Labute approximate surface area is 83.4 Å². The van der Waals surface area contributed by atoms with Crippen molar-refractivity contribution in [1.82, 2.24) is 0 Å². The predicted octanol–water partition coefficient (Wildman–Crippen LogP) is 2.65. The second kappa shape index (κ2) is 5.17. The molecule has 0 aliphatic rings. The molecule has 0 fully saturated rings. The van der Waals surface area contributed by atoms with Gasteiger partial charge in [-0.2, -0.15) is 4.99 Å². The van der Waals surface area contributed by atoms with E-state index in [0.29, 0.717) is 0 Å². The maximum absolute atomic E-state index is 11.0. The van der Waals surface area contributed by atoms with E-state index >= 15 is 0 Å². The normalized spacial score (nSPS) is 10.8. The van der Waals surface area contributed by atoms with Gasteiger partial charge in [-0.15, -0.1) is 0 Å². The van der Waals surface area contributed by atoms with Gasteiger partial charge in [0, 0.05) is 6.21 Å². The zero-order valence-electron chi connectivity index (χ0n) is 8.31. The van der Waals surface area contributed by atoms with Gasteiger partial charge in [-0.25, -0.2) is 4.79 Å². The molecule has 0 N–H and O–H groups in total. The Morgan fingerprint density at radius 2 is 2.00 bits per heavy atom. The highest BCUT2D eigenvalue weighted by atomic mass is 16.6. The van der Waals surface area contributed by atoms with Crippen LogP contribution in [0.25, 0.3) is 0 Å². The molecule has 0 aliphatic heterocycles. The van der Waals surface area contributed by atoms with Gasteiger partial charge in [0.1, 0.15) is 0 Å². The molecule has 0 atom stereocenters. The highest BCUT2D eigenvalue weighted by molar-refractivity contribution is 5.88. The number of hydrogen-bond acceptors (Lipinski definition) is 2. The molecule has 1 amide bonds. The van der Waals surface area contributed by atoms with E-state index < -0.39 is 6.09 Å². The number of nitrogens with zero attached hydrogens (tertiary/aromatic N) is 1. The summed E-state index contributed by atoms with van der Waals surface area (Å²) in [6, 6.07) is 9.41. The fourth-order valence-corrected chi connectivity index (χ4v) is 0.898. The lowest BCUT2D eigenvalue weighted by Gasteiger charge is -2.02. The minimum absolute atomic E-state index is 0.129. The first-order valence-electron chi connectivity index (χ1n) is 4.48. The first kappa shape index (κ1) is 10.4. The third kappa shape index (κ3) is 3.85.